The van der Waals surface area contributed by atoms with Crippen molar-refractivity contribution in [3.8, 4) is 5.75 Å². The van der Waals surface area contributed by atoms with E-state index in [1.165, 1.54) is 0 Å². The van der Waals surface area contributed by atoms with Gasteiger partial charge in [-0.15, -0.1) is 0 Å². The molecule has 146 valence electrons. The molecule has 3 rings (SSSR count). The molecule has 2 aromatic carbocycles. The predicted octanol–water partition coefficient (Wildman–Crippen LogP) is 2.20. The van der Waals surface area contributed by atoms with Crippen molar-refractivity contribution >= 4 is 23.4 Å². The highest BCUT2D eigenvalue weighted by molar-refractivity contribution is 5.97. The molecule has 0 aliphatic heterocycles. The molecular weight excluding hydrogens is 358 g/mol. The van der Waals surface area contributed by atoms with Crippen LogP contribution in [0.5, 0.6) is 5.75 Å². The summed E-state index contributed by atoms with van der Waals surface area (Å²) in [6, 6.07) is 13.6. The summed E-state index contributed by atoms with van der Waals surface area (Å²) in [5.41, 5.74) is 1.66. The van der Waals surface area contributed by atoms with E-state index in [0.29, 0.717) is 35.7 Å². The fourth-order valence-electron chi connectivity index (χ4n) is 2.62. The first-order valence-corrected chi connectivity index (χ1v) is 9.18. The van der Waals surface area contributed by atoms with E-state index in [1.807, 2.05) is 0 Å². The Labute approximate surface area is 163 Å². The normalized spacial score (nSPS) is 12.8. The molecule has 0 heterocycles. The van der Waals surface area contributed by atoms with E-state index >= 15 is 0 Å². The Morgan fingerprint density at radius 1 is 0.929 bits per heavy atom. The van der Waals surface area contributed by atoms with Gasteiger partial charge in [-0.05, 0) is 55.3 Å². The molecule has 2 aromatic rings. The SMILES string of the molecule is COc1cccc(C(=O)NCCNC(=O)c2ccc(NC(=O)C3CC3)cc2)c1. The minimum atomic E-state index is -0.240. The predicted molar refractivity (Wildman–Crippen MR) is 105 cm³/mol. The monoisotopic (exact) mass is 381 g/mol. The van der Waals surface area contributed by atoms with Crippen molar-refractivity contribution in [2.24, 2.45) is 5.92 Å². The second-order valence-corrected chi connectivity index (χ2v) is 6.58. The highest BCUT2D eigenvalue weighted by Gasteiger charge is 2.29. The molecule has 1 aliphatic rings. The molecule has 3 N–H and O–H groups in total. The third kappa shape index (κ3) is 5.33. The molecule has 0 spiro atoms. The molecule has 0 saturated heterocycles. The Morgan fingerprint density at radius 2 is 1.57 bits per heavy atom. The van der Waals surface area contributed by atoms with Crippen LogP contribution in [0.1, 0.15) is 33.6 Å². The lowest BCUT2D eigenvalue weighted by Crippen LogP contribution is -2.34. The first kappa shape index (κ1) is 19.4. The molecule has 3 amide bonds. The Bertz CT molecular complexity index is 860. The molecule has 0 unspecified atom stereocenters. The van der Waals surface area contributed by atoms with E-state index in [-0.39, 0.29) is 23.6 Å². The number of anilines is 1. The summed E-state index contributed by atoms with van der Waals surface area (Å²) in [6.45, 7) is 0.603. The molecule has 7 heteroatoms. The lowest BCUT2D eigenvalue weighted by atomic mass is 10.2. The van der Waals surface area contributed by atoms with Crippen molar-refractivity contribution in [3.05, 3.63) is 59.7 Å². The number of methoxy groups -OCH3 is 1. The van der Waals surface area contributed by atoms with Gasteiger partial charge in [-0.1, -0.05) is 6.07 Å². The van der Waals surface area contributed by atoms with Crippen LogP contribution < -0.4 is 20.7 Å². The van der Waals surface area contributed by atoms with Gasteiger partial charge in [0.15, 0.2) is 0 Å². The van der Waals surface area contributed by atoms with Crippen LogP contribution in [0.3, 0.4) is 0 Å². The summed E-state index contributed by atoms with van der Waals surface area (Å²) < 4.78 is 5.10. The average molecular weight is 381 g/mol. The summed E-state index contributed by atoms with van der Waals surface area (Å²) in [5.74, 6) is 0.302. The molecule has 1 fully saturated rings. The van der Waals surface area contributed by atoms with Gasteiger partial charge in [0.2, 0.25) is 5.91 Å². The van der Waals surface area contributed by atoms with E-state index in [2.05, 4.69) is 16.0 Å². The van der Waals surface area contributed by atoms with E-state index < -0.39 is 0 Å². The van der Waals surface area contributed by atoms with Gasteiger partial charge in [0.25, 0.3) is 11.8 Å². The number of hydrogen-bond donors (Lipinski definition) is 3. The van der Waals surface area contributed by atoms with Crippen LogP contribution in [0.25, 0.3) is 0 Å². The van der Waals surface area contributed by atoms with Crippen LogP contribution in [0.4, 0.5) is 5.69 Å². The Balaban J connectivity index is 1.41. The molecular formula is C21H23N3O4. The van der Waals surface area contributed by atoms with Crippen molar-refractivity contribution in [1.82, 2.24) is 10.6 Å². The van der Waals surface area contributed by atoms with Crippen molar-refractivity contribution in [2.45, 2.75) is 12.8 Å². The summed E-state index contributed by atoms with van der Waals surface area (Å²) in [7, 11) is 1.54. The number of amides is 3. The minimum Gasteiger partial charge on any atom is -0.497 e. The average Bonchev–Trinajstić information content (AvgIpc) is 3.57. The maximum Gasteiger partial charge on any atom is 0.251 e. The van der Waals surface area contributed by atoms with Gasteiger partial charge in [-0.25, -0.2) is 0 Å². The molecule has 0 bridgehead atoms. The highest BCUT2D eigenvalue weighted by atomic mass is 16.5. The third-order valence-corrected chi connectivity index (χ3v) is 4.39. The second kappa shape index (κ2) is 9.03. The van der Waals surface area contributed by atoms with Crippen LogP contribution in [0.15, 0.2) is 48.5 Å². The topological polar surface area (TPSA) is 96.5 Å². The van der Waals surface area contributed by atoms with Gasteiger partial charge in [0.05, 0.1) is 7.11 Å². The maximum atomic E-state index is 12.2. The molecule has 0 atom stereocenters. The summed E-state index contributed by atoms with van der Waals surface area (Å²) in [4.78, 5) is 36.0. The fourth-order valence-corrected chi connectivity index (χ4v) is 2.62. The van der Waals surface area contributed by atoms with Crippen LogP contribution in [0, 0.1) is 5.92 Å². The van der Waals surface area contributed by atoms with Crippen LogP contribution in [-0.4, -0.2) is 37.9 Å². The largest absolute Gasteiger partial charge is 0.497 e. The number of hydrogen-bond acceptors (Lipinski definition) is 4. The van der Waals surface area contributed by atoms with E-state index in [4.69, 9.17) is 4.74 Å². The van der Waals surface area contributed by atoms with E-state index in [0.717, 1.165) is 12.8 Å². The summed E-state index contributed by atoms with van der Waals surface area (Å²) >= 11 is 0. The first-order chi connectivity index (χ1) is 13.6. The lowest BCUT2D eigenvalue weighted by molar-refractivity contribution is -0.117. The number of nitrogens with one attached hydrogen (secondary N) is 3. The molecule has 28 heavy (non-hydrogen) atoms. The van der Waals surface area contributed by atoms with Crippen LogP contribution in [0.2, 0.25) is 0 Å². The Hall–Kier alpha value is -3.35. The fraction of sp³-hybridized carbons (Fsp3) is 0.286. The molecule has 1 aliphatic carbocycles. The van der Waals surface area contributed by atoms with Gasteiger partial charge < -0.3 is 20.7 Å². The first-order valence-electron chi connectivity index (χ1n) is 9.18. The molecule has 0 radical (unpaired) electrons. The van der Waals surface area contributed by atoms with Gasteiger partial charge in [-0.3, -0.25) is 14.4 Å². The quantitative estimate of drug-likeness (QED) is 0.611. The van der Waals surface area contributed by atoms with Gasteiger partial charge in [0, 0.05) is 35.8 Å². The smallest absolute Gasteiger partial charge is 0.251 e. The zero-order chi connectivity index (χ0) is 19.9. The molecule has 7 nitrogen and oxygen atoms in total. The van der Waals surface area contributed by atoms with Gasteiger partial charge in [0.1, 0.15) is 5.75 Å². The van der Waals surface area contributed by atoms with Gasteiger partial charge >= 0.3 is 0 Å². The van der Waals surface area contributed by atoms with Crippen molar-refractivity contribution < 1.29 is 19.1 Å². The number of carbonyl (C=O) groups is 3. The van der Waals surface area contributed by atoms with Crippen molar-refractivity contribution in [2.75, 3.05) is 25.5 Å². The summed E-state index contributed by atoms with van der Waals surface area (Å²) in [6.07, 6.45) is 1.89. The number of benzene rings is 2. The standard InChI is InChI=1S/C21H23N3O4/c1-28-18-4-2-3-16(13-18)20(26)23-12-11-22-19(25)14-7-9-17(10-8-14)24-21(27)15-5-6-15/h2-4,7-10,13,15H,5-6,11-12H2,1H3,(H,22,25)(H,23,26)(H,24,27). The van der Waals surface area contributed by atoms with Gasteiger partial charge in [-0.2, -0.15) is 0 Å². The number of rotatable bonds is 8. The minimum absolute atomic E-state index is 0.0315. The zero-order valence-corrected chi connectivity index (χ0v) is 15.7. The second-order valence-electron chi connectivity index (χ2n) is 6.58. The van der Waals surface area contributed by atoms with Crippen LogP contribution in [-0.2, 0) is 4.79 Å². The van der Waals surface area contributed by atoms with Crippen molar-refractivity contribution in [1.29, 1.82) is 0 Å². The third-order valence-electron chi connectivity index (χ3n) is 4.39. The van der Waals surface area contributed by atoms with Crippen molar-refractivity contribution in [3.63, 3.8) is 0 Å². The number of ether oxygens (including phenoxy) is 1. The van der Waals surface area contributed by atoms with E-state index in [1.54, 1.807) is 55.6 Å². The summed E-state index contributed by atoms with van der Waals surface area (Å²) in [5, 5.41) is 8.33. The molecule has 0 aromatic heterocycles. The zero-order valence-electron chi connectivity index (χ0n) is 15.7. The Kier molecular flexibility index (Phi) is 6.26. The Morgan fingerprint density at radius 3 is 2.18 bits per heavy atom. The number of carbonyl (C=O) groups excluding carboxylic acids is 3. The maximum absolute atomic E-state index is 12.2. The lowest BCUT2D eigenvalue weighted by Gasteiger charge is -2.09. The van der Waals surface area contributed by atoms with E-state index in [9.17, 15) is 14.4 Å². The molecule has 1 saturated carbocycles. The highest BCUT2D eigenvalue weighted by Crippen LogP contribution is 2.30. The van der Waals surface area contributed by atoms with Crippen LogP contribution >= 0.6 is 0 Å².